The predicted octanol–water partition coefficient (Wildman–Crippen LogP) is 1.95. The fourth-order valence-electron chi connectivity index (χ4n) is 2.87. The molecule has 2 heterocycles. The van der Waals surface area contributed by atoms with Crippen molar-refractivity contribution in [2.24, 2.45) is 0 Å². The van der Waals surface area contributed by atoms with Crippen molar-refractivity contribution < 1.29 is 13.9 Å². The summed E-state index contributed by atoms with van der Waals surface area (Å²) in [4.78, 5) is 14.0. The lowest BCUT2D eigenvalue weighted by atomic mass is 10.0. The number of aryl methyl sites for hydroxylation is 1. The standard InChI is InChI=1S/C15H24N2O3/c1-11-14(15(18)19-3)8-13(20-11)10-17-7-5-4-6-12(17)9-16-2/h8,12,16H,4-7,9-10H2,1-3H3. The monoisotopic (exact) mass is 280 g/mol. The van der Waals surface area contributed by atoms with Gasteiger partial charge in [-0.1, -0.05) is 6.42 Å². The molecule has 1 atom stereocenters. The molecule has 1 aromatic rings. The summed E-state index contributed by atoms with van der Waals surface area (Å²) in [6, 6.07) is 2.35. The zero-order valence-corrected chi connectivity index (χ0v) is 12.6. The van der Waals surface area contributed by atoms with Crippen LogP contribution in [0.4, 0.5) is 0 Å². The lowest BCUT2D eigenvalue weighted by Crippen LogP contribution is -2.44. The molecule has 1 aromatic heterocycles. The minimum absolute atomic E-state index is 0.331. The number of nitrogens with zero attached hydrogens (tertiary/aromatic N) is 1. The van der Waals surface area contributed by atoms with Crippen LogP contribution in [0.5, 0.6) is 0 Å². The first-order valence-corrected chi connectivity index (χ1v) is 7.22. The van der Waals surface area contributed by atoms with Crippen LogP contribution in [-0.4, -0.2) is 44.2 Å². The van der Waals surface area contributed by atoms with E-state index >= 15 is 0 Å². The first-order chi connectivity index (χ1) is 9.65. The number of likely N-dealkylation sites (N-methyl/N-ethyl adjacent to an activating group) is 1. The van der Waals surface area contributed by atoms with Gasteiger partial charge >= 0.3 is 5.97 Å². The van der Waals surface area contributed by atoms with Crippen LogP contribution in [0.25, 0.3) is 0 Å². The van der Waals surface area contributed by atoms with Crippen molar-refractivity contribution in [3.8, 4) is 0 Å². The zero-order chi connectivity index (χ0) is 14.5. The number of methoxy groups -OCH3 is 1. The smallest absolute Gasteiger partial charge is 0.341 e. The Balaban J connectivity index is 2.06. The van der Waals surface area contributed by atoms with Gasteiger partial charge in [0.1, 0.15) is 17.1 Å². The highest BCUT2D eigenvalue weighted by atomic mass is 16.5. The molecule has 0 radical (unpaired) electrons. The summed E-state index contributed by atoms with van der Waals surface area (Å²) in [5.41, 5.74) is 0.532. The van der Waals surface area contributed by atoms with Gasteiger partial charge in [0.25, 0.3) is 0 Å². The Morgan fingerprint density at radius 1 is 1.55 bits per heavy atom. The maximum Gasteiger partial charge on any atom is 0.341 e. The van der Waals surface area contributed by atoms with Gasteiger partial charge in [0.2, 0.25) is 0 Å². The highest BCUT2D eigenvalue weighted by Crippen LogP contribution is 2.22. The van der Waals surface area contributed by atoms with Crippen molar-refractivity contribution >= 4 is 5.97 Å². The van der Waals surface area contributed by atoms with Crippen LogP contribution in [0, 0.1) is 6.92 Å². The number of carbonyl (C=O) groups is 1. The van der Waals surface area contributed by atoms with Crippen LogP contribution in [0.2, 0.25) is 0 Å². The van der Waals surface area contributed by atoms with Crippen molar-refractivity contribution in [3.05, 3.63) is 23.2 Å². The molecule has 0 amide bonds. The number of ether oxygens (including phenoxy) is 1. The fraction of sp³-hybridized carbons (Fsp3) is 0.667. The van der Waals surface area contributed by atoms with Gasteiger partial charge in [-0.15, -0.1) is 0 Å². The van der Waals surface area contributed by atoms with E-state index < -0.39 is 0 Å². The summed E-state index contributed by atoms with van der Waals surface area (Å²) in [6.07, 6.45) is 3.72. The number of furan rings is 1. The van der Waals surface area contributed by atoms with Crippen LogP contribution < -0.4 is 5.32 Å². The minimum Gasteiger partial charge on any atom is -0.465 e. The number of carbonyl (C=O) groups excluding carboxylic acids is 1. The zero-order valence-electron chi connectivity index (χ0n) is 12.6. The summed E-state index contributed by atoms with van der Waals surface area (Å²) in [5, 5.41) is 3.25. The number of hydrogen-bond donors (Lipinski definition) is 1. The van der Waals surface area contributed by atoms with Crippen molar-refractivity contribution in [3.63, 3.8) is 0 Å². The number of esters is 1. The molecule has 0 aromatic carbocycles. The van der Waals surface area contributed by atoms with Gasteiger partial charge < -0.3 is 14.5 Å². The third-order valence-corrected chi connectivity index (χ3v) is 3.92. The molecule has 1 saturated heterocycles. The normalized spacial score (nSPS) is 20.1. The molecule has 0 bridgehead atoms. The van der Waals surface area contributed by atoms with E-state index in [4.69, 9.17) is 9.15 Å². The lowest BCUT2D eigenvalue weighted by Gasteiger charge is -2.35. The Labute approximate surface area is 120 Å². The third kappa shape index (κ3) is 3.41. The van der Waals surface area contributed by atoms with Crippen molar-refractivity contribution in [2.45, 2.75) is 38.8 Å². The van der Waals surface area contributed by atoms with Gasteiger partial charge in [0.15, 0.2) is 0 Å². The highest BCUT2D eigenvalue weighted by Gasteiger charge is 2.24. The Kier molecular flexibility index (Phi) is 5.20. The molecular weight excluding hydrogens is 256 g/mol. The summed E-state index contributed by atoms with van der Waals surface area (Å²) < 4.78 is 10.5. The Bertz CT molecular complexity index is 454. The first-order valence-electron chi connectivity index (χ1n) is 7.22. The molecule has 1 fully saturated rings. The first kappa shape index (κ1) is 15.1. The molecule has 1 aliphatic heterocycles. The van der Waals surface area contributed by atoms with Crippen molar-refractivity contribution in [1.82, 2.24) is 10.2 Å². The highest BCUT2D eigenvalue weighted by molar-refractivity contribution is 5.90. The molecule has 0 spiro atoms. The Hall–Kier alpha value is -1.33. The maximum atomic E-state index is 11.6. The largest absolute Gasteiger partial charge is 0.465 e. The molecule has 0 saturated carbocycles. The van der Waals surface area contributed by atoms with E-state index in [0.29, 0.717) is 17.4 Å². The lowest BCUT2D eigenvalue weighted by molar-refractivity contribution is 0.0599. The minimum atomic E-state index is -0.331. The molecule has 1 N–H and O–H groups in total. The molecule has 0 aliphatic carbocycles. The van der Waals surface area contributed by atoms with E-state index in [1.807, 2.05) is 13.1 Å². The number of rotatable bonds is 5. The molecule has 5 heteroatoms. The van der Waals surface area contributed by atoms with E-state index in [1.165, 1.54) is 26.4 Å². The topological polar surface area (TPSA) is 54.7 Å². The van der Waals surface area contributed by atoms with Crippen molar-refractivity contribution in [2.75, 3.05) is 27.2 Å². The summed E-state index contributed by atoms with van der Waals surface area (Å²) >= 11 is 0. The van der Waals surface area contributed by atoms with E-state index in [0.717, 1.165) is 25.4 Å². The van der Waals surface area contributed by atoms with Gasteiger partial charge in [-0.25, -0.2) is 4.79 Å². The van der Waals surface area contributed by atoms with Crippen LogP contribution in [0.15, 0.2) is 10.5 Å². The fourth-order valence-corrected chi connectivity index (χ4v) is 2.87. The number of hydrogen-bond acceptors (Lipinski definition) is 5. The molecule has 20 heavy (non-hydrogen) atoms. The Morgan fingerprint density at radius 3 is 3.05 bits per heavy atom. The van der Waals surface area contributed by atoms with Crippen LogP contribution >= 0.6 is 0 Å². The van der Waals surface area contributed by atoms with Gasteiger partial charge in [-0.05, 0) is 39.4 Å². The second-order valence-electron chi connectivity index (χ2n) is 5.35. The SMILES string of the molecule is CNCC1CCCCN1Cc1cc(C(=O)OC)c(C)o1. The van der Waals surface area contributed by atoms with Gasteiger partial charge in [0.05, 0.1) is 13.7 Å². The van der Waals surface area contributed by atoms with Crippen molar-refractivity contribution in [1.29, 1.82) is 0 Å². The number of piperidine rings is 1. The number of nitrogens with one attached hydrogen (secondary N) is 1. The van der Waals surface area contributed by atoms with Crippen LogP contribution in [0.1, 0.15) is 41.1 Å². The molecular formula is C15H24N2O3. The molecule has 2 rings (SSSR count). The summed E-state index contributed by atoms with van der Waals surface area (Å²) in [6.45, 7) is 4.63. The van der Waals surface area contributed by atoms with Crippen LogP contribution in [-0.2, 0) is 11.3 Å². The summed E-state index contributed by atoms with van der Waals surface area (Å²) in [5.74, 6) is 1.14. The predicted molar refractivity (Wildman–Crippen MR) is 76.8 cm³/mol. The van der Waals surface area contributed by atoms with Gasteiger partial charge in [0, 0.05) is 12.6 Å². The second kappa shape index (κ2) is 6.90. The molecule has 1 unspecified atom stereocenters. The van der Waals surface area contributed by atoms with Gasteiger partial charge in [-0.2, -0.15) is 0 Å². The van der Waals surface area contributed by atoms with E-state index in [-0.39, 0.29) is 5.97 Å². The maximum absolute atomic E-state index is 11.6. The average Bonchev–Trinajstić information content (AvgIpc) is 2.81. The average molecular weight is 280 g/mol. The third-order valence-electron chi connectivity index (χ3n) is 3.92. The van der Waals surface area contributed by atoms with E-state index in [9.17, 15) is 4.79 Å². The van der Waals surface area contributed by atoms with E-state index in [1.54, 1.807) is 6.92 Å². The van der Waals surface area contributed by atoms with Crippen LogP contribution in [0.3, 0.4) is 0 Å². The second-order valence-corrected chi connectivity index (χ2v) is 5.35. The Morgan fingerprint density at radius 2 is 2.35 bits per heavy atom. The molecule has 112 valence electrons. The molecule has 5 nitrogen and oxygen atoms in total. The van der Waals surface area contributed by atoms with E-state index in [2.05, 4.69) is 10.2 Å². The quantitative estimate of drug-likeness (QED) is 0.835. The summed E-state index contributed by atoms with van der Waals surface area (Å²) in [7, 11) is 3.38. The number of likely N-dealkylation sites (tertiary alicyclic amines) is 1. The molecule has 1 aliphatic rings. The van der Waals surface area contributed by atoms with Gasteiger partial charge in [-0.3, -0.25) is 4.90 Å².